The minimum Gasteiger partial charge on any atom is -0.322 e. The molecule has 3 rings (SSSR count). The highest BCUT2D eigenvalue weighted by molar-refractivity contribution is 6.01. The molecule has 1 N–H and O–H groups in total. The van der Waals surface area contributed by atoms with E-state index in [0.717, 1.165) is 24.8 Å². The topological polar surface area (TPSA) is 54.3 Å². The summed E-state index contributed by atoms with van der Waals surface area (Å²) in [5.41, 5.74) is 0.625. The number of aryl methyl sites for hydroxylation is 1. The van der Waals surface area contributed by atoms with Crippen LogP contribution in [0.15, 0.2) is 35.3 Å². The van der Waals surface area contributed by atoms with Crippen molar-refractivity contribution in [3.8, 4) is 0 Å². The molecule has 1 aliphatic rings. The summed E-state index contributed by atoms with van der Waals surface area (Å²) < 4.78 is 1.51. The number of hydrogen-bond acceptors (Lipinski definition) is 2. The summed E-state index contributed by atoms with van der Waals surface area (Å²) in [6, 6.07) is 7.54. The third-order valence-electron chi connectivity index (χ3n) is 4.40. The fourth-order valence-corrected chi connectivity index (χ4v) is 3.10. The summed E-state index contributed by atoms with van der Waals surface area (Å²) >= 11 is 0. The number of anilines is 1. The smallest absolute Gasteiger partial charge is 0.322 e. The number of carbonyl (C=O) groups excluding carboxylic acids is 1. The number of aromatic nitrogens is 1. The van der Waals surface area contributed by atoms with Crippen molar-refractivity contribution in [2.75, 3.05) is 11.9 Å². The van der Waals surface area contributed by atoms with E-state index in [2.05, 4.69) is 12.2 Å². The van der Waals surface area contributed by atoms with Gasteiger partial charge in [-0.25, -0.2) is 4.79 Å². The van der Waals surface area contributed by atoms with Crippen LogP contribution in [-0.4, -0.2) is 28.1 Å². The fourth-order valence-electron chi connectivity index (χ4n) is 3.10. The lowest BCUT2D eigenvalue weighted by Crippen LogP contribution is -2.44. The number of hydrogen-bond donors (Lipinski definition) is 1. The highest BCUT2D eigenvalue weighted by atomic mass is 16.2. The molecule has 0 spiro atoms. The number of piperidine rings is 1. The van der Waals surface area contributed by atoms with Crippen LogP contribution in [-0.2, 0) is 7.05 Å². The first kappa shape index (κ1) is 14.6. The zero-order chi connectivity index (χ0) is 15.7. The summed E-state index contributed by atoms with van der Waals surface area (Å²) in [6.45, 7) is 2.87. The molecule has 0 aliphatic carbocycles. The summed E-state index contributed by atoms with van der Waals surface area (Å²) in [6.07, 6.45) is 4.96. The summed E-state index contributed by atoms with van der Waals surface area (Å²) in [4.78, 5) is 26.6. The first-order valence-electron chi connectivity index (χ1n) is 7.74. The molecule has 2 heterocycles. The summed E-state index contributed by atoms with van der Waals surface area (Å²) in [7, 11) is 1.70. The highest BCUT2D eigenvalue weighted by Crippen LogP contribution is 2.22. The van der Waals surface area contributed by atoms with Gasteiger partial charge in [0.1, 0.15) is 0 Å². The molecule has 1 fully saturated rings. The molecule has 22 heavy (non-hydrogen) atoms. The van der Waals surface area contributed by atoms with Crippen molar-refractivity contribution in [1.29, 1.82) is 0 Å². The Morgan fingerprint density at radius 2 is 1.95 bits per heavy atom. The molecule has 1 aliphatic heterocycles. The van der Waals surface area contributed by atoms with Crippen LogP contribution in [0.2, 0.25) is 0 Å². The van der Waals surface area contributed by atoms with Gasteiger partial charge in [-0.2, -0.15) is 0 Å². The molecule has 1 atom stereocenters. The van der Waals surface area contributed by atoms with Gasteiger partial charge in [0.15, 0.2) is 0 Å². The first-order chi connectivity index (χ1) is 10.6. The maximum absolute atomic E-state index is 12.5. The van der Waals surface area contributed by atoms with Crippen LogP contribution in [0.4, 0.5) is 10.5 Å². The van der Waals surface area contributed by atoms with Crippen LogP contribution >= 0.6 is 0 Å². The van der Waals surface area contributed by atoms with Gasteiger partial charge in [0, 0.05) is 36.6 Å². The third-order valence-corrected chi connectivity index (χ3v) is 4.40. The van der Waals surface area contributed by atoms with Crippen LogP contribution in [0.5, 0.6) is 0 Å². The second-order valence-electron chi connectivity index (χ2n) is 5.97. The van der Waals surface area contributed by atoms with Gasteiger partial charge in [-0.1, -0.05) is 18.2 Å². The second-order valence-corrected chi connectivity index (χ2v) is 5.97. The molecule has 1 unspecified atom stereocenters. The molecule has 0 bridgehead atoms. The number of fused-ring (bicyclic) bond motifs is 1. The number of carbonyl (C=O) groups is 1. The van der Waals surface area contributed by atoms with Crippen LogP contribution in [0, 0.1) is 0 Å². The Labute approximate surface area is 129 Å². The number of urea groups is 1. The molecular formula is C17H21N3O2. The molecule has 2 amide bonds. The van der Waals surface area contributed by atoms with E-state index in [1.54, 1.807) is 19.3 Å². The molecule has 0 radical (unpaired) electrons. The Balaban J connectivity index is 1.95. The standard InChI is InChI=1S/C17H21N3O2/c1-12-7-5-6-10-20(12)17(22)18-15-11-19(2)16(21)14-9-4-3-8-13(14)15/h3-4,8-9,11-12H,5-7,10H2,1-2H3,(H,18,22). The quantitative estimate of drug-likeness (QED) is 0.880. The molecule has 5 nitrogen and oxygen atoms in total. The minimum atomic E-state index is -0.0870. The van der Waals surface area contributed by atoms with Crippen molar-refractivity contribution in [2.24, 2.45) is 7.05 Å². The fraction of sp³-hybridized carbons (Fsp3) is 0.412. The Hall–Kier alpha value is -2.30. The normalized spacial score (nSPS) is 18.5. The van der Waals surface area contributed by atoms with E-state index >= 15 is 0 Å². The number of likely N-dealkylation sites (tertiary alicyclic amines) is 1. The Morgan fingerprint density at radius 3 is 2.68 bits per heavy atom. The maximum atomic E-state index is 12.5. The molecule has 2 aromatic rings. The average molecular weight is 299 g/mol. The third kappa shape index (κ3) is 2.58. The lowest BCUT2D eigenvalue weighted by molar-refractivity contribution is 0.170. The van der Waals surface area contributed by atoms with E-state index in [9.17, 15) is 9.59 Å². The molecular weight excluding hydrogens is 278 g/mol. The van der Waals surface area contributed by atoms with Crippen molar-refractivity contribution in [2.45, 2.75) is 32.2 Å². The summed E-state index contributed by atoms with van der Waals surface area (Å²) in [5.74, 6) is 0. The van der Waals surface area contributed by atoms with Crippen LogP contribution in [0.25, 0.3) is 10.8 Å². The number of pyridine rings is 1. The average Bonchev–Trinajstić information content (AvgIpc) is 2.52. The molecule has 116 valence electrons. The largest absolute Gasteiger partial charge is 0.322 e. The van der Waals surface area contributed by atoms with Crippen molar-refractivity contribution in [3.05, 3.63) is 40.8 Å². The zero-order valence-electron chi connectivity index (χ0n) is 13.0. The number of benzene rings is 1. The van der Waals surface area contributed by atoms with Gasteiger partial charge >= 0.3 is 6.03 Å². The van der Waals surface area contributed by atoms with E-state index in [-0.39, 0.29) is 17.6 Å². The predicted octanol–water partition coefficient (Wildman–Crippen LogP) is 2.94. The lowest BCUT2D eigenvalue weighted by atomic mass is 10.0. The number of amides is 2. The van der Waals surface area contributed by atoms with Crippen molar-refractivity contribution in [1.82, 2.24) is 9.47 Å². The Morgan fingerprint density at radius 1 is 1.23 bits per heavy atom. The van der Waals surface area contributed by atoms with Crippen molar-refractivity contribution >= 4 is 22.5 Å². The predicted molar refractivity (Wildman–Crippen MR) is 88.2 cm³/mol. The Bertz CT molecular complexity index is 766. The summed E-state index contributed by atoms with van der Waals surface area (Å²) in [5, 5.41) is 4.38. The van der Waals surface area contributed by atoms with Gasteiger partial charge in [0.05, 0.1) is 5.69 Å². The van der Waals surface area contributed by atoms with Gasteiger partial charge in [0.25, 0.3) is 5.56 Å². The van der Waals surface area contributed by atoms with Gasteiger partial charge in [-0.3, -0.25) is 4.79 Å². The minimum absolute atomic E-state index is 0.0556. The van der Waals surface area contributed by atoms with E-state index in [0.29, 0.717) is 11.1 Å². The highest BCUT2D eigenvalue weighted by Gasteiger charge is 2.23. The van der Waals surface area contributed by atoms with Crippen molar-refractivity contribution in [3.63, 3.8) is 0 Å². The number of rotatable bonds is 1. The SMILES string of the molecule is CC1CCCCN1C(=O)Nc1cn(C)c(=O)c2ccccc12. The number of nitrogens with one attached hydrogen (secondary N) is 1. The number of nitrogens with zero attached hydrogens (tertiary/aromatic N) is 2. The van der Waals surface area contributed by atoms with Crippen LogP contribution in [0.1, 0.15) is 26.2 Å². The van der Waals surface area contributed by atoms with Crippen LogP contribution < -0.4 is 10.9 Å². The molecule has 1 aromatic heterocycles. The Kier molecular flexibility index (Phi) is 3.88. The monoisotopic (exact) mass is 299 g/mol. The van der Waals surface area contributed by atoms with Gasteiger partial charge in [-0.15, -0.1) is 0 Å². The van der Waals surface area contributed by atoms with E-state index in [1.807, 2.05) is 23.1 Å². The van der Waals surface area contributed by atoms with E-state index in [1.165, 1.54) is 11.0 Å². The molecule has 0 saturated carbocycles. The van der Waals surface area contributed by atoms with Crippen LogP contribution in [0.3, 0.4) is 0 Å². The second kappa shape index (κ2) is 5.83. The van der Waals surface area contributed by atoms with Gasteiger partial charge in [0.2, 0.25) is 0 Å². The van der Waals surface area contributed by atoms with E-state index < -0.39 is 0 Å². The maximum Gasteiger partial charge on any atom is 0.322 e. The van der Waals surface area contributed by atoms with E-state index in [4.69, 9.17) is 0 Å². The van der Waals surface area contributed by atoms with Gasteiger partial charge < -0.3 is 14.8 Å². The molecule has 1 saturated heterocycles. The van der Waals surface area contributed by atoms with Gasteiger partial charge in [-0.05, 0) is 32.3 Å². The first-order valence-corrected chi connectivity index (χ1v) is 7.74. The lowest BCUT2D eigenvalue weighted by Gasteiger charge is -2.33. The van der Waals surface area contributed by atoms with Crippen molar-refractivity contribution < 1.29 is 4.79 Å². The molecule has 1 aromatic carbocycles. The zero-order valence-corrected chi connectivity index (χ0v) is 13.0. The molecule has 5 heteroatoms.